The van der Waals surface area contributed by atoms with Crippen molar-refractivity contribution in [3.63, 3.8) is 0 Å². The van der Waals surface area contributed by atoms with Gasteiger partial charge in [-0.2, -0.15) is 0 Å². The maximum atomic E-state index is 5.58. The van der Waals surface area contributed by atoms with Crippen molar-refractivity contribution in [2.24, 2.45) is 0 Å². The number of aromatic nitrogens is 1. The summed E-state index contributed by atoms with van der Waals surface area (Å²) in [6.45, 7) is 1.49. The van der Waals surface area contributed by atoms with Crippen LogP contribution in [0.2, 0.25) is 0 Å². The van der Waals surface area contributed by atoms with Gasteiger partial charge >= 0.3 is 0 Å². The fraction of sp³-hybridized carbons (Fsp3) is 0.500. The van der Waals surface area contributed by atoms with E-state index in [2.05, 4.69) is 27.6 Å². The number of nitrogens with zero attached hydrogens (tertiary/aromatic N) is 1. The molecule has 0 radical (unpaired) electrons. The first-order chi connectivity index (χ1) is 6.86. The van der Waals surface area contributed by atoms with Crippen LogP contribution in [-0.2, 0) is 4.74 Å². The average molecular weight is 305 g/mol. The van der Waals surface area contributed by atoms with Gasteiger partial charge in [-0.3, -0.25) is 0 Å². The summed E-state index contributed by atoms with van der Waals surface area (Å²) in [6, 6.07) is 3.89. The summed E-state index contributed by atoms with van der Waals surface area (Å²) in [5, 5.41) is 0. The van der Waals surface area contributed by atoms with E-state index in [0.717, 1.165) is 23.0 Å². The molecule has 1 aromatic rings. The van der Waals surface area contributed by atoms with E-state index in [4.69, 9.17) is 9.47 Å². The van der Waals surface area contributed by atoms with Gasteiger partial charge < -0.3 is 9.47 Å². The molecule has 14 heavy (non-hydrogen) atoms. The average Bonchev–Trinajstić information content (AvgIpc) is 2.69. The molecule has 76 valence electrons. The Morgan fingerprint density at radius 3 is 3.29 bits per heavy atom. The smallest absolute Gasteiger partial charge is 0.227 e. The molecule has 1 saturated heterocycles. The zero-order chi connectivity index (χ0) is 9.80. The van der Waals surface area contributed by atoms with Gasteiger partial charge in [0.1, 0.15) is 6.61 Å². The Labute approximate surface area is 97.0 Å². The SMILES string of the molecule is Ic1cccnc1OCC1CCCO1. The van der Waals surface area contributed by atoms with E-state index in [1.807, 2.05) is 12.1 Å². The molecule has 1 aliphatic heterocycles. The molecular weight excluding hydrogens is 293 g/mol. The van der Waals surface area contributed by atoms with Crippen LogP contribution in [0, 0.1) is 3.57 Å². The number of ether oxygens (including phenoxy) is 2. The third-order valence-electron chi connectivity index (χ3n) is 2.15. The predicted octanol–water partition coefficient (Wildman–Crippen LogP) is 2.24. The van der Waals surface area contributed by atoms with Crippen molar-refractivity contribution in [1.82, 2.24) is 4.98 Å². The molecule has 1 aliphatic rings. The lowest BCUT2D eigenvalue weighted by Gasteiger charge is -2.11. The monoisotopic (exact) mass is 305 g/mol. The lowest BCUT2D eigenvalue weighted by Crippen LogP contribution is -2.17. The fourth-order valence-corrected chi connectivity index (χ4v) is 1.93. The minimum Gasteiger partial charge on any atom is -0.474 e. The number of halogens is 1. The summed E-state index contributed by atoms with van der Waals surface area (Å²) < 4.78 is 12.1. The fourth-order valence-electron chi connectivity index (χ4n) is 1.43. The summed E-state index contributed by atoms with van der Waals surface area (Å²) in [4.78, 5) is 4.15. The van der Waals surface area contributed by atoms with Gasteiger partial charge in [-0.25, -0.2) is 4.98 Å². The van der Waals surface area contributed by atoms with Crippen LogP contribution in [0.25, 0.3) is 0 Å². The molecule has 1 atom stereocenters. The lowest BCUT2D eigenvalue weighted by molar-refractivity contribution is 0.0660. The summed E-state index contributed by atoms with van der Waals surface area (Å²) in [7, 11) is 0. The molecule has 2 rings (SSSR count). The minimum absolute atomic E-state index is 0.257. The van der Waals surface area contributed by atoms with Crippen LogP contribution >= 0.6 is 22.6 Å². The Kier molecular flexibility index (Phi) is 3.58. The van der Waals surface area contributed by atoms with Crippen molar-refractivity contribution >= 4 is 22.6 Å². The highest BCUT2D eigenvalue weighted by Gasteiger charge is 2.16. The van der Waals surface area contributed by atoms with Crippen LogP contribution < -0.4 is 4.74 Å². The van der Waals surface area contributed by atoms with Crippen molar-refractivity contribution < 1.29 is 9.47 Å². The van der Waals surface area contributed by atoms with E-state index in [-0.39, 0.29) is 6.10 Å². The maximum Gasteiger partial charge on any atom is 0.227 e. The van der Waals surface area contributed by atoms with E-state index in [0.29, 0.717) is 12.5 Å². The molecule has 3 nitrogen and oxygen atoms in total. The molecule has 1 aromatic heterocycles. The molecule has 1 fully saturated rings. The number of pyridine rings is 1. The molecule has 0 spiro atoms. The van der Waals surface area contributed by atoms with Gasteiger partial charge in [-0.1, -0.05) is 0 Å². The second kappa shape index (κ2) is 4.93. The van der Waals surface area contributed by atoms with Crippen LogP contribution in [0.5, 0.6) is 5.88 Å². The minimum atomic E-state index is 0.257. The van der Waals surface area contributed by atoms with Gasteiger partial charge in [0.25, 0.3) is 0 Å². The van der Waals surface area contributed by atoms with E-state index in [1.54, 1.807) is 6.20 Å². The standard InChI is InChI=1S/C10H12INO2/c11-9-4-1-5-12-10(9)14-7-8-3-2-6-13-8/h1,4-5,8H,2-3,6-7H2. The highest BCUT2D eigenvalue weighted by molar-refractivity contribution is 14.1. The van der Waals surface area contributed by atoms with Gasteiger partial charge in [0, 0.05) is 12.8 Å². The Morgan fingerprint density at radius 1 is 1.64 bits per heavy atom. The Bertz CT molecular complexity index is 300. The normalized spacial score (nSPS) is 21.1. The van der Waals surface area contributed by atoms with Crippen LogP contribution in [0.15, 0.2) is 18.3 Å². The third-order valence-corrected chi connectivity index (χ3v) is 2.98. The Hall–Kier alpha value is -0.360. The molecule has 0 saturated carbocycles. The van der Waals surface area contributed by atoms with Gasteiger partial charge in [0.2, 0.25) is 5.88 Å². The van der Waals surface area contributed by atoms with E-state index in [1.165, 1.54) is 0 Å². The maximum absolute atomic E-state index is 5.58. The molecule has 4 heteroatoms. The lowest BCUT2D eigenvalue weighted by atomic mass is 10.2. The number of hydrogen-bond donors (Lipinski definition) is 0. The van der Waals surface area contributed by atoms with Crippen LogP contribution in [0.1, 0.15) is 12.8 Å². The molecule has 2 heterocycles. The van der Waals surface area contributed by atoms with E-state index < -0.39 is 0 Å². The summed E-state index contributed by atoms with van der Waals surface area (Å²) in [6.07, 6.45) is 4.25. The third kappa shape index (κ3) is 2.57. The molecular formula is C10H12INO2. The first kappa shape index (κ1) is 10.2. The molecule has 0 N–H and O–H groups in total. The molecule has 0 amide bonds. The second-order valence-corrected chi connectivity index (χ2v) is 4.40. The van der Waals surface area contributed by atoms with Crippen molar-refractivity contribution in [1.29, 1.82) is 0 Å². The molecule has 0 bridgehead atoms. The van der Waals surface area contributed by atoms with E-state index >= 15 is 0 Å². The van der Waals surface area contributed by atoms with E-state index in [9.17, 15) is 0 Å². The predicted molar refractivity (Wildman–Crippen MR) is 61.4 cm³/mol. The zero-order valence-corrected chi connectivity index (χ0v) is 9.94. The number of hydrogen-bond acceptors (Lipinski definition) is 3. The van der Waals surface area contributed by atoms with Crippen LogP contribution in [0.3, 0.4) is 0 Å². The van der Waals surface area contributed by atoms with Gasteiger partial charge in [-0.05, 0) is 47.6 Å². The quantitative estimate of drug-likeness (QED) is 0.803. The summed E-state index contributed by atoms with van der Waals surface area (Å²) in [5.41, 5.74) is 0. The summed E-state index contributed by atoms with van der Waals surface area (Å²) in [5.74, 6) is 0.712. The topological polar surface area (TPSA) is 31.4 Å². The van der Waals surface area contributed by atoms with Gasteiger partial charge in [0.05, 0.1) is 9.67 Å². The molecule has 0 aromatic carbocycles. The van der Waals surface area contributed by atoms with Gasteiger partial charge in [0.15, 0.2) is 0 Å². The first-order valence-electron chi connectivity index (χ1n) is 4.71. The highest BCUT2D eigenvalue weighted by atomic mass is 127. The van der Waals surface area contributed by atoms with Crippen molar-refractivity contribution in [2.45, 2.75) is 18.9 Å². The summed E-state index contributed by atoms with van der Waals surface area (Å²) >= 11 is 2.22. The Morgan fingerprint density at radius 2 is 2.57 bits per heavy atom. The second-order valence-electron chi connectivity index (χ2n) is 3.24. The van der Waals surface area contributed by atoms with Crippen LogP contribution in [-0.4, -0.2) is 24.3 Å². The van der Waals surface area contributed by atoms with Crippen molar-refractivity contribution in [3.05, 3.63) is 21.9 Å². The largest absolute Gasteiger partial charge is 0.474 e. The zero-order valence-electron chi connectivity index (χ0n) is 7.78. The molecule has 0 aliphatic carbocycles. The number of rotatable bonds is 3. The Balaban J connectivity index is 1.88. The highest BCUT2D eigenvalue weighted by Crippen LogP contribution is 2.18. The molecule has 1 unspecified atom stereocenters. The van der Waals surface area contributed by atoms with Crippen molar-refractivity contribution in [3.8, 4) is 5.88 Å². The van der Waals surface area contributed by atoms with Crippen LogP contribution in [0.4, 0.5) is 0 Å². The first-order valence-corrected chi connectivity index (χ1v) is 5.79. The van der Waals surface area contributed by atoms with Crippen molar-refractivity contribution in [2.75, 3.05) is 13.2 Å². The van der Waals surface area contributed by atoms with Gasteiger partial charge in [-0.15, -0.1) is 0 Å².